The fourth-order valence-corrected chi connectivity index (χ4v) is 11.9. The minimum atomic E-state index is -1.32. The third-order valence-electron chi connectivity index (χ3n) is 16.9. The van der Waals surface area contributed by atoms with Crippen molar-refractivity contribution in [1.29, 1.82) is 10.5 Å². The Morgan fingerprint density at radius 1 is 0.388 bits per heavy atom. The molecule has 12 nitrogen and oxygen atoms in total. The van der Waals surface area contributed by atoms with Gasteiger partial charge in [-0.2, -0.15) is 10.5 Å². The van der Waals surface area contributed by atoms with Crippen LogP contribution in [0.1, 0.15) is 99.1 Å². The van der Waals surface area contributed by atoms with E-state index in [9.17, 15) is 30.3 Å². The maximum atomic E-state index is 12.3. The highest BCUT2D eigenvalue weighted by atomic mass is 16.5. The first-order valence-corrected chi connectivity index (χ1v) is 33.3. The topological polar surface area (TPSA) is 157 Å². The van der Waals surface area contributed by atoms with Gasteiger partial charge in [-0.3, -0.25) is 0 Å². The molecule has 12 heteroatoms. The number of aromatic nitrogens is 2. The highest BCUT2D eigenvalue weighted by Gasteiger charge is 2.21. The maximum absolute atomic E-state index is 12.3. The van der Waals surface area contributed by atoms with Crippen molar-refractivity contribution < 1.29 is 29.3 Å². The summed E-state index contributed by atoms with van der Waals surface area (Å²) in [5, 5.41) is 39.9. The van der Waals surface area contributed by atoms with E-state index in [1.165, 1.54) is 12.2 Å². The Bertz CT molecular complexity index is 4310. The Morgan fingerprint density at radius 3 is 1.01 bits per heavy atom. The second kappa shape index (κ2) is 33.1. The van der Waals surface area contributed by atoms with E-state index >= 15 is 0 Å². The molecule has 2 aromatic heterocycles. The smallest absolute Gasteiger partial charge is 0.346 e. The Labute approximate surface area is 573 Å². The molecule has 0 radical (unpaired) electrons. The Hall–Kier alpha value is -12.4. The van der Waals surface area contributed by atoms with E-state index in [2.05, 4.69) is 133 Å². The lowest BCUT2D eigenvalue weighted by molar-refractivity contribution is -0.133. The Kier molecular flexibility index (Phi) is 22.7. The van der Waals surface area contributed by atoms with Crippen LogP contribution in [0, 0.1) is 22.7 Å². The van der Waals surface area contributed by atoms with Gasteiger partial charge < -0.3 is 38.6 Å². The molecule has 0 aliphatic heterocycles. The molecule has 0 aliphatic rings. The lowest BCUT2D eigenvalue weighted by Crippen LogP contribution is -2.09. The van der Waals surface area contributed by atoms with E-state index in [0.29, 0.717) is 36.1 Å². The summed E-state index contributed by atoms with van der Waals surface area (Å²) in [6.45, 7) is 5.36. The lowest BCUT2D eigenvalue weighted by atomic mass is 9.97. The fourth-order valence-electron chi connectivity index (χ4n) is 11.9. The summed E-state index contributed by atoms with van der Waals surface area (Å²) in [6, 6.07) is 88.9. The summed E-state index contributed by atoms with van der Waals surface area (Å²) in [6.07, 6.45) is 18.9. The molecule has 0 unspecified atom stereocenters. The van der Waals surface area contributed by atoms with Gasteiger partial charge in [0.2, 0.25) is 0 Å². The van der Waals surface area contributed by atoms with Crippen LogP contribution in [-0.2, 0) is 9.59 Å². The molecule has 98 heavy (non-hydrogen) atoms. The van der Waals surface area contributed by atoms with E-state index in [1.54, 1.807) is 0 Å². The number of ether oxygens (including phenoxy) is 2. The zero-order chi connectivity index (χ0) is 68.0. The van der Waals surface area contributed by atoms with Crippen LogP contribution in [0.3, 0.4) is 0 Å². The van der Waals surface area contributed by atoms with Crippen LogP contribution < -0.4 is 19.3 Å². The summed E-state index contributed by atoms with van der Waals surface area (Å²) in [4.78, 5) is 29.0. The molecule has 9 aromatic carbocycles. The molecule has 2 heterocycles. The molecule has 11 rings (SSSR count). The average molecular weight is 1290 g/mol. The van der Waals surface area contributed by atoms with Crippen molar-refractivity contribution in [2.75, 3.05) is 23.0 Å². The van der Waals surface area contributed by atoms with Gasteiger partial charge in [0, 0.05) is 79.4 Å². The van der Waals surface area contributed by atoms with Crippen LogP contribution >= 0.6 is 0 Å². The minimum absolute atomic E-state index is 0.395. The van der Waals surface area contributed by atoms with Crippen LogP contribution in [0.2, 0.25) is 0 Å². The molecular weight excluding hydrogens is 1210 g/mol. The highest BCUT2D eigenvalue weighted by molar-refractivity contribution is 5.97. The first-order valence-electron chi connectivity index (χ1n) is 33.3. The van der Waals surface area contributed by atoms with Gasteiger partial charge in [0.15, 0.2) is 0 Å². The van der Waals surface area contributed by atoms with Gasteiger partial charge in [0.1, 0.15) is 34.8 Å². The number of benzene rings is 9. The summed E-state index contributed by atoms with van der Waals surface area (Å²) in [5.74, 6) is -1.30. The molecule has 11 aromatic rings. The third-order valence-corrected chi connectivity index (χ3v) is 16.9. The van der Waals surface area contributed by atoms with E-state index < -0.39 is 23.1 Å². The fraction of sp³-hybridized carbons (Fsp3) is 0.140. The molecular formula is C86H76N6O6. The van der Waals surface area contributed by atoms with Crippen LogP contribution in [0.5, 0.6) is 11.5 Å². The summed E-state index contributed by atoms with van der Waals surface area (Å²) >= 11 is 0. The number of hydrogen-bond acceptors (Lipinski definition) is 8. The van der Waals surface area contributed by atoms with Gasteiger partial charge in [0.05, 0.1) is 13.2 Å². The predicted octanol–water partition coefficient (Wildman–Crippen LogP) is 21.8. The number of nitriles is 2. The van der Waals surface area contributed by atoms with E-state index in [1.807, 2.05) is 191 Å². The van der Waals surface area contributed by atoms with Crippen molar-refractivity contribution in [3.63, 3.8) is 0 Å². The average Bonchev–Trinajstić information content (AvgIpc) is 1.70. The van der Waals surface area contributed by atoms with E-state index in [0.717, 1.165) is 142 Å². The van der Waals surface area contributed by atoms with Crippen molar-refractivity contribution in [2.45, 2.75) is 65.2 Å². The van der Waals surface area contributed by atoms with Crippen molar-refractivity contribution >= 4 is 82.5 Å². The standard InChI is InChI=1S/C86H76N6O6/c1-3-5-7-21-55-97-83-59-82(66-39-49-78(50-40-66)92-76(52-54-80(92)58-68(62-88)86(95)96)46-36-64-33-43-74(44-34-64)90(71-27-17-11-18-28-71)72-29-19-12-20-30-72)84(98-56-22-8-6-4-2)60-81(83)65-37-47-77(48-38-65)91-75(51-53-79(91)57-67(61-87)85(93)94)45-35-63-31-41-73(42-32-63)89(69-23-13-9-14-24-69)70-25-15-10-16-26-70/h9-20,23-54,57-60H,3-8,21-22,55-56H2,1-2H3,(H,93,94)(H,95,96)/b45-35-,46-36+,67-57+,68-58+. The summed E-state index contributed by atoms with van der Waals surface area (Å²) in [7, 11) is 0. The van der Waals surface area contributed by atoms with Crippen LogP contribution in [0.4, 0.5) is 34.1 Å². The highest BCUT2D eigenvalue weighted by Crippen LogP contribution is 2.43. The zero-order valence-corrected chi connectivity index (χ0v) is 55.0. The molecule has 486 valence electrons. The van der Waals surface area contributed by atoms with Gasteiger partial charge >= 0.3 is 11.9 Å². The third kappa shape index (κ3) is 16.6. The second-order valence-corrected chi connectivity index (χ2v) is 23.6. The van der Waals surface area contributed by atoms with Gasteiger partial charge in [-0.05, 0) is 193 Å². The number of unbranched alkanes of at least 4 members (excludes halogenated alkanes) is 6. The second-order valence-electron chi connectivity index (χ2n) is 23.6. The van der Waals surface area contributed by atoms with Gasteiger partial charge in [-0.15, -0.1) is 0 Å². The number of carboxylic acids is 2. The minimum Gasteiger partial charge on any atom is -0.493 e. The molecule has 0 aliphatic carbocycles. The van der Waals surface area contributed by atoms with Crippen LogP contribution in [-0.4, -0.2) is 44.5 Å². The number of carboxylic acid groups (broad SMARTS) is 2. The number of nitrogens with zero attached hydrogens (tertiary/aromatic N) is 6. The molecule has 0 atom stereocenters. The molecule has 0 fully saturated rings. The molecule has 0 saturated heterocycles. The molecule has 0 bridgehead atoms. The van der Waals surface area contributed by atoms with Crippen molar-refractivity contribution in [1.82, 2.24) is 9.13 Å². The first kappa shape index (κ1) is 67.1. The van der Waals surface area contributed by atoms with Gasteiger partial charge in [-0.1, -0.05) is 186 Å². The normalized spacial score (nSPS) is 11.6. The maximum Gasteiger partial charge on any atom is 0.346 e. The lowest BCUT2D eigenvalue weighted by Gasteiger charge is -2.25. The van der Waals surface area contributed by atoms with Gasteiger partial charge in [-0.25, -0.2) is 9.59 Å². The monoisotopic (exact) mass is 1290 g/mol. The van der Waals surface area contributed by atoms with Gasteiger partial charge in [0.25, 0.3) is 0 Å². The molecule has 0 saturated carbocycles. The van der Waals surface area contributed by atoms with Crippen LogP contribution in [0.25, 0.3) is 70.1 Å². The van der Waals surface area contributed by atoms with E-state index in [4.69, 9.17) is 9.47 Å². The number of aliphatic carboxylic acids is 2. The molecule has 2 N–H and O–H groups in total. The van der Waals surface area contributed by atoms with Crippen LogP contribution in [0.15, 0.2) is 266 Å². The Balaban J connectivity index is 0.934. The molecule has 0 spiro atoms. The van der Waals surface area contributed by atoms with Crippen molar-refractivity contribution in [3.8, 4) is 57.3 Å². The summed E-state index contributed by atoms with van der Waals surface area (Å²) < 4.78 is 17.5. The number of para-hydroxylation sites is 4. The molecule has 0 amide bonds. The van der Waals surface area contributed by atoms with Crippen molar-refractivity contribution in [2.24, 2.45) is 0 Å². The largest absolute Gasteiger partial charge is 0.493 e. The quantitative estimate of drug-likeness (QED) is 0.0252. The predicted molar refractivity (Wildman–Crippen MR) is 398 cm³/mol. The number of carbonyl (C=O) groups is 2. The SMILES string of the molecule is CCCCCCOc1cc(-c2ccc(-n3c(/C=C/c4ccc(N(c5ccccc5)c5ccccc5)cc4)ccc3/C=C(\C#N)C(=O)O)cc2)c(OCCCCCC)cc1-c1ccc(-n2c(/C=C\c3ccc(N(c4ccccc4)c4ccccc4)cc3)ccc2/C=C(\C#N)C(=O)O)cc1. The Morgan fingerprint density at radius 2 is 0.704 bits per heavy atom. The number of rotatable bonds is 30. The van der Waals surface area contributed by atoms with Crippen molar-refractivity contribution in [3.05, 3.63) is 300 Å². The number of anilines is 6. The first-order chi connectivity index (χ1) is 48.1. The summed E-state index contributed by atoms with van der Waals surface area (Å²) in [5.41, 5.74) is 14.7. The zero-order valence-electron chi connectivity index (χ0n) is 55.0. The number of hydrogen-bond donors (Lipinski definition) is 2. The van der Waals surface area contributed by atoms with E-state index in [-0.39, 0.29) is 0 Å².